The van der Waals surface area contributed by atoms with Crippen LogP contribution in [-0.2, 0) is 13.0 Å². The van der Waals surface area contributed by atoms with Gasteiger partial charge in [-0.05, 0) is 24.5 Å². The van der Waals surface area contributed by atoms with E-state index in [1.54, 1.807) is 0 Å². The predicted molar refractivity (Wildman–Crippen MR) is 75.3 cm³/mol. The lowest BCUT2D eigenvalue weighted by Gasteiger charge is -2.31. The maximum atomic E-state index is 11.6. The summed E-state index contributed by atoms with van der Waals surface area (Å²) in [7, 11) is 0. The van der Waals surface area contributed by atoms with E-state index in [9.17, 15) is 9.59 Å². The van der Waals surface area contributed by atoms with Gasteiger partial charge in [0.25, 0.3) is 0 Å². The van der Waals surface area contributed by atoms with E-state index < -0.39 is 11.4 Å². The number of pyridine rings is 1. The van der Waals surface area contributed by atoms with Gasteiger partial charge in [0.2, 0.25) is 0 Å². The van der Waals surface area contributed by atoms with E-state index in [0.29, 0.717) is 12.5 Å². The van der Waals surface area contributed by atoms with Crippen molar-refractivity contribution in [3.63, 3.8) is 0 Å². The lowest BCUT2D eigenvalue weighted by atomic mass is 9.77. The molecule has 1 aliphatic rings. The second-order valence-electron chi connectivity index (χ2n) is 5.25. The Balaban J connectivity index is 1.91. The van der Waals surface area contributed by atoms with Gasteiger partial charge in [-0.2, -0.15) is 0 Å². The van der Waals surface area contributed by atoms with Crippen molar-refractivity contribution in [3.05, 3.63) is 69.1 Å². The van der Waals surface area contributed by atoms with Crippen LogP contribution in [0.5, 0.6) is 0 Å². The van der Waals surface area contributed by atoms with Crippen LogP contribution in [-0.4, -0.2) is 15.6 Å². The predicted octanol–water partition coefficient (Wildman–Crippen LogP) is 2.19. The van der Waals surface area contributed by atoms with E-state index in [4.69, 9.17) is 5.11 Å². The van der Waals surface area contributed by atoms with Crippen LogP contribution in [0.2, 0.25) is 0 Å². The van der Waals surface area contributed by atoms with Gasteiger partial charge < -0.3 is 9.67 Å². The van der Waals surface area contributed by atoms with Crippen LogP contribution < -0.4 is 5.43 Å². The van der Waals surface area contributed by atoms with E-state index in [2.05, 4.69) is 12.1 Å². The first-order chi connectivity index (χ1) is 9.56. The SMILES string of the molecule is Cc1cc(=O)c(C(=O)O)cn1CC1Cc2ccccc21. The minimum atomic E-state index is -1.17. The number of aryl methyl sites for hydroxylation is 1. The molecule has 0 fully saturated rings. The standard InChI is InChI=1S/C16H15NO3/c1-10-6-15(18)14(16(19)20)9-17(10)8-12-7-11-4-2-3-5-13(11)12/h2-6,9,12H,7-8H2,1H3,(H,19,20). The Kier molecular flexibility index (Phi) is 2.93. The van der Waals surface area contributed by atoms with E-state index >= 15 is 0 Å². The Morgan fingerprint density at radius 2 is 2.15 bits per heavy atom. The molecular formula is C16H15NO3. The average Bonchev–Trinajstić information content (AvgIpc) is 2.37. The van der Waals surface area contributed by atoms with E-state index in [0.717, 1.165) is 12.1 Å². The molecule has 1 aromatic carbocycles. The summed E-state index contributed by atoms with van der Waals surface area (Å²) in [4.78, 5) is 22.6. The Hall–Kier alpha value is -2.36. The fourth-order valence-corrected chi connectivity index (χ4v) is 2.79. The topological polar surface area (TPSA) is 59.3 Å². The van der Waals surface area contributed by atoms with Gasteiger partial charge in [0.15, 0.2) is 5.43 Å². The lowest BCUT2D eigenvalue weighted by Crippen LogP contribution is -2.25. The van der Waals surface area contributed by atoms with Crippen LogP contribution in [0.1, 0.15) is 33.1 Å². The highest BCUT2D eigenvalue weighted by Crippen LogP contribution is 2.36. The van der Waals surface area contributed by atoms with Gasteiger partial charge in [-0.25, -0.2) is 4.79 Å². The van der Waals surface area contributed by atoms with E-state index in [-0.39, 0.29) is 5.56 Å². The quantitative estimate of drug-likeness (QED) is 0.929. The lowest BCUT2D eigenvalue weighted by molar-refractivity contribution is 0.0694. The van der Waals surface area contributed by atoms with Crippen molar-refractivity contribution in [1.29, 1.82) is 0 Å². The normalized spacial score (nSPS) is 16.4. The molecule has 0 saturated carbocycles. The molecule has 0 aliphatic heterocycles. The third-order valence-corrected chi connectivity index (χ3v) is 3.95. The number of nitrogens with zero attached hydrogens (tertiary/aromatic N) is 1. The maximum Gasteiger partial charge on any atom is 0.341 e. The second-order valence-corrected chi connectivity index (χ2v) is 5.25. The molecule has 0 saturated heterocycles. The molecule has 0 bridgehead atoms. The Morgan fingerprint density at radius 3 is 2.85 bits per heavy atom. The highest BCUT2D eigenvalue weighted by Gasteiger charge is 2.26. The first kappa shape index (κ1) is 12.7. The first-order valence-electron chi connectivity index (χ1n) is 6.58. The molecule has 4 nitrogen and oxygen atoms in total. The monoisotopic (exact) mass is 269 g/mol. The number of aromatic carboxylic acids is 1. The Bertz CT molecular complexity index is 746. The van der Waals surface area contributed by atoms with Crippen molar-refractivity contribution in [1.82, 2.24) is 4.57 Å². The van der Waals surface area contributed by atoms with Crippen LogP contribution in [0.4, 0.5) is 0 Å². The summed E-state index contributed by atoms with van der Waals surface area (Å²) in [5.41, 5.74) is 2.88. The van der Waals surface area contributed by atoms with Gasteiger partial charge in [0, 0.05) is 30.4 Å². The van der Waals surface area contributed by atoms with Crippen LogP contribution in [0.25, 0.3) is 0 Å². The number of carboxylic acid groups (broad SMARTS) is 1. The third-order valence-electron chi connectivity index (χ3n) is 3.95. The number of aromatic nitrogens is 1. The van der Waals surface area contributed by atoms with Gasteiger partial charge >= 0.3 is 5.97 Å². The first-order valence-corrected chi connectivity index (χ1v) is 6.58. The van der Waals surface area contributed by atoms with Crippen molar-refractivity contribution in [2.24, 2.45) is 0 Å². The Morgan fingerprint density at radius 1 is 1.40 bits per heavy atom. The summed E-state index contributed by atoms with van der Waals surface area (Å²) in [6.07, 6.45) is 2.46. The number of carboxylic acids is 1. The fourth-order valence-electron chi connectivity index (χ4n) is 2.79. The van der Waals surface area contributed by atoms with Gasteiger partial charge in [-0.1, -0.05) is 24.3 Å². The summed E-state index contributed by atoms with van der Waals surface area (Å²) < 4.78 is 1.87. The van der Waals surface area contributed by atoms with Crippen molar-refractivity contribution < 1.29 is 9.90 Å². The fraction of sp³-hybridized carbons (Fsp3) is 0.250. The molecule has 20 heavy (non-hydrogen) atoms. The molecule has 0 amide bonds. The molecule has 1 heterocycles. The zero-order valence-electron chi connectivity index (χ0n) is 11.2. The number of hydrogen-bond acceptors (Lipinski definition) is 2. The zero-order valence-corrected chi connectivity index (χ0v) is 11.2. The smallest absolute Gasteiger partial charge is 0.341 e. The van der Waals surface area contributed by atoms with Crippen LogP contribution in [0.3, 0.4) is 0 Å². The molecular weight excluding hydrogens is 254 g/mol. The van der Waals surface area contributed by atoms with Crippen LogP contribution >= 0.6 is 0 Å². The highest BCUT2D eigenvalue weighted by atomic mass is 16.4. The second kappa shape index (κ2) is 4.63. The number of carbonyl (C=O) groups is 1. The summed E-state index contributed by atoms with van der Waals surface area (Å²) in [6, 6.07) is 9.68. The maximum absolute atomic E-state index is 11.6. The average molecular weight is 269 g/mol. The number of hydrogen-bond donors (Lipinski definition) is 1. The highest BCUT2D eigenvalue weighted by molar-refractivity contribution is 5.87. The largest absolute Gasteiger partial charge is 0.477 e. The van der Waals surface area contributed by atoms with Gasteiger partial charge in [0.05, 0.1) is 0 Å². The van der Waals surface area contributed by atoms with Crippen molar-refractivity contribution >= 4 is 5.97 Å². The molecule has 0 spiro atoms. The molecule has 1 aliphatic carbocycles. The van der Waals surface area contributed by atoms with Crippen molar-refractivity contribution in [2.45, 2.75) is 25.8 Å². The molecule has 1 atom stereocenters. The Labute approximate surface area is 116 Å². The summed E-state index contributed by atoms with van der Waals surface area (Å²) in [5, 5.41) is 9.03. The summed E-state index contributed by atoms with van der Waals surface area (Å²) in [6.45, 7) is 2.54. The molecule has 3 rings (SSSR count). The minimum Gasteiger partial charge on any atom is -0.477 e. The molecule has 1 aromatic heterocycles. The van der Waals surface area contributed by atoms with Gasteiger partial charge in [-0.3, -0.25) is 4.79 Å². The van der Waals surface area contributed by atoms with Crippen LogP contribution in [0.15, 0.2) is 41.3 Å². The molecule has 102 valence electrons. The van der Waals surface area contributed by atoms with Crippen molar-refractivity contribution in [2.75, 3.05) is 0 Å². The molecule has 2 aromatic rings. The number of fused-ring (bicyclic) bond motifs is 1. The third kappa shape index (κ3) is 2.03. The van der Waals surface area contributed by atoms with E-state index in [1.165, 1.54) is 23.4 Å². The summed E-state index contributed by atoms with van der Waals surface area (Å²) in [5.74, 6) is -0.771. The van der Waals surface area contributed by atoms with Gasteiger partial charge in [-0.15, -0.1) is 0 Å². The zero-order chi connectivity index (χ0) is 14.3. The number of benzene rings is 1. The molecule has 1 unspecified atom stereocenters. The number of rotatable bonds is 3. The van der Waals surface area contributed by atoms with E-state index in [1.807, 2.05) is 23.6 Å². The molecule has 4 heteroatoms. The molecule has 0 radical (unpaired) electrons. The minimum absolute atomic E-state index is 0.164. The van der Waals surface area contributed by atoms with Crippen LogP contribution in [0, 0.1) is 6.92 Å². The van der Waals surface area contributed by atoms with Crippen molar-refractivity contribution in [3.8, 4) is 0 Å². The van der Waals surface area contributed by atoms with Gasteiger partial charge in [0.1, 0.15) is 5.56 Å². The molecule has 1 N–H and O–H groups in total. The summed E-state index contributed by atoms with van der Waals surface area (Å²) >= 11 is 0.